The number of fused-ring (bicyclic) bond motifs is 15. The van der Waals surface area contributed by atoms with Gasteiger partial charge in [0.2, 0.25) is 0 Å². The Morgan fingerprint density at radius 3 is 2.11 bits per heavy atom. The van der Waals surface area contributed by atoms with E-state index >= 15 is 0 Å². The molecule has 0 saturated carbocycles. The summed E-state index contributed by atoms with van der Waals surface area (Å²) in [5.41, 5.74) is 16.9. The predicted molar refractivity (Wildman–Crippen MR) is 218 cm³/mol. The third-order valence-corrected chi connectivity index (χ3v) is 11.7. The Bertz CT molecular complexity index is 3180. The summed E-state index contributed by atoms with van der Waals surface area (Å²) in [4.78, 5) is 4.86. The van der Waals surface area contributed by atoms with Crippen molar-refractivity contribution in [1.29, 1.82) is 0 Å². The van der Waals surface area contributed by atoms with Crippen LogP contribution in [0.15, 0.2) is 174 Å². The molecule has 12 rings (SSSR count). The minimum Gasteiger partial charge on any atom is -0.456 e. The highest BCUT2D eigenvalue weighted by Crippen LogP contribution is 2.60. The Morgan fingerprint density at radius 1 is 0.453 bits per heavy atom. The number of hydrogen-bond donors (Lipinski definition) is 0. The molecule has 1 atom stereocenters. The van der Waals surface area contributed by atoms with Gasteiger partial charge in [0.1, 0.15) is 16.8 Å². The number of aromatic nitrogens is 2. The first-order chi connectivity index (χ1) is 26.3. The quantitative estimate of drug-likeness (QED) is 0.183. The molecule has 3 heteroatoms. The van der Waals surface area contributed by atoms with E-state index in [1.54, 1.807) is 0 Å². The van der Waals surface area contributed by atoms with Crippen molar-refractivity contribution in [3.63, 3.8) is 0 Å². The molecule has 2 aliphatic rings. The van der Waals surface area contributed by atoms with Gasteiger partial charge in [0.15, 0.2) is 0 Å². The summed E-state index contributed by atoms with van der Waals surface area (Å²) in [5, 5.41) is 4.63. The molecule has 0 aliphatic heterocycles. The lowest BCUT2D eigenvalue weighted by Crippen LogP contribution is -2.30. The lowest BCUT2D eigenvalue weighted by molar-refractivity contribution is 0.666. The number of furan rings is 1. The van der Waals surface area contributed by atoms with Gasteiger partial charge in [0.25, 0.3) is 0 Å². The van der Waals surface area contributed by atoms with Crippen LogP contribution in [0.1, 0.15) is 33.4 Å². The highest BCUT2D eigenvalue weighted by molar-refractivity contribution is 6.10. The molecular weight excluding hydrogens is 645 g/mol. The van der Waals surface area contributed by atoms with E-state index in [4.69, 9.17) is 9.40 Å². The number of para-hydroxylation sites is 2. The molecule has 7 aromatic carbocycles. The number of benzene rings is 7. The van der Waals surface area contributed by atoms with Gasteiger partial charge in [-0.1, -0.05) is 115 Å². The normalized spacial score (nSPS) is 15.5. The van der Waals surface area contributed by atoms with E-state index in [-0.39, 0.29) is 0 Å². The van der Waals surface area contributed by atoms with Crippen LogP contribution in [0, 0.1) is 0 Å². The zero-order chi connectivity index (χ0) is 34.7. The van der Waals surface area contributed by atoms with Gasteiger partial charge in [-0.15, -0.1) is 0 Å². The lowest BCUT2D eigenvalue weighted by Gasteiger charge is -2.35. The molecule has 2 aliphatic carbocycles. The summed E-state index contributed by atoms with van der Waals surface area (Å²) in [6.07, 6.45) is 6.48. The van der Waals surface area contributed by atoms with Gasteiger partial charge in [-0.05, 0) is 116 Å². The summed E-state index contributed by atoms with van der Waals surface area (Å²) < 4.78 is 8.87. The topological polar surface area (TPSA) is 31.0 Å². The number of pyridine rings is 1. The fraction of sp³-hybridized carbons (Fsp3) is 0.0200. The molecule has 246 valence electrons. The van der Waals surface area contributed by atoms with E-state index in [0.717, 1.165) is 44.2 Å². The number of rotatable bonds is 2. The highest BCUT2D eigenvalue weighted by Gasteiger charge is 2.49. The van der Waals surface area contributed by atoms with E-state index in [1.165, 1.54) is 61.0 Å². The standard InChI is InChI=1S/C50H30N2O/c1-2-12-35(13-3-1)52-46-25-24-33(27-40(46)38-16-10-26-51-49(38)52)34-23-22-32-21-20-31-11-4-7-17-42(31)50(44(32)28-34)43-18-8-5-14-36(43)39-29-41-37-15-6-9-19-47(37)53-48(41)30-45(39)50/h1-30H. The summed E-state index contributed by atoms with van der Waals surface area (Å²) in [6.45, 7) is 0. The SMILES string of the molecule is C1=Cc2ccc(-c3ccc4c(c3)c3cccnc3n4-c3ccccc3)cc2C2(c3ccccc31)c1ccccc1-c1cc3c(cc12)oc1ccccc13. The van der Waals surface area contributed by atoms with Crippen LogP contribution in [-0.2, 0) is 5.41 Å². The van der Waals surface area contributed by atoms with Crippen molar-refractivity contribution in [2.45, 2.75) is 5.41 Å². The maximum Gasteiger partial charge on any atom is 0.145 e. The van der Waals surface area contributed by atoms with Gasteiger partial charge in [0, 0.05) is 33.4 Å². The monoisotopic (exact) mass is 674 g/mol. The van der Waals surface area contributed by atoms with E-state index in [9.17, 15) is 0 Å². The second-order valence-electron chi connectivity index (χ2n) is 14.3. The third kappa shape index (κ3) is 3.80. The molecular formula is C50H30N2O. The van der Waals surface area contributed by atoms with Crippen LogP contribution in [0.5, 0.6) is 0 Å². The average molecular weight is 675 g/mol. The summed E-state index contributed by atoms with van der Waals surface area (Å²) in [6, 6.07) is 59.7. The number of nitrogens with zero attached hydrogens (tertiary/aromatic N) is 2. The molecule has 10 aromatic rings. The third-order valence-electron chi connectivity index (χ3n) is 11.7. The predicted octanol–water partition coefficient (Wildman–Crippen LogP) is 12.6. The second kappa shape index (κ2) is 10.5. The molecule has 0 N–H and O–H groups in total. The molecule has 0 bridgehead atoms. The highest BCUT2D eigenvalue weighted by atomic mass is 16.3. The van der Waals surface area contributed by atoms with Crippen molar-refractivity contribution in [3.05, 3.63) is 203 Å². The van der Waals surface area contributed by atoms with Gasteiger partial charge >= 0.3 is 0 Å². The van der Waals surface area contributed by atoms with Gasteiger partial charge in [-0.25, -0.2) is 4.98 Å². The van der Waals surface area contributed by atoms with Crippen molar-refractivity contribution in [2.24, 2.45) is 0 Å². The van der Waals surface area contributed by atoms with Crippen LogP contribution in [0.2, 0.25) is 0 Å². The number of hydrogen-bond acceptors (Lipinski definition) is 2. The molecule has 0 fully saturated rings. The maximum absolute atomic E-state index is 6.60. The molecule has 0 radical (unpaired) electrons. The van der Waals surface area contributed by atoms with Gasteiger partial charge in [-0.3, -0.25) is 4.57 Å². The molecule has 1 spiro atoms. The Hall–Kier alpha value is -6.97. The summed E-state index contributed by atoms with van der Waals surface area (Å²) in [5.74, 6) is 0. The smallest absolute Gasteiger partial charge is 0.145 e. The first-order valence-electron chi connectivity index (χ1n) is 18.2. The fourth-order valence-corrected chi connectivity index (χ4v) is 9.45. The van der Waals surface area contributed by atoms with Crippen LogP contribution in [-0.4, -0.2) is 9.55 Å². The average Bonchev–Trinajstić information content (AvgIpc) is 3.81. The van der Waals surface area contributed by atoms with Gasteiger partial charge in [0.05, 0.1) is 10.9 Å². The molecule has 0 amide bonds. The molecule has 53 heavy (non-hydrogen) atoms. The zero-order valence-electron chi connectivity index (χ0n) is 28.6. The molecule has 1 unspecified atom stereocenters. The Labute approximate surface area is 305 Å². The Kier molecular flexibility index (Phi) is 5.70. The van der Waals surface area contributed by atoms with Crippen molar-refractivity contribution < 1.29 is 4.42 Å². The van der Waals surface area contributed by atoms with Crippen LogP contribution in [0.25, 0.3) is 84.0 Å². The first kappa shape index (κ1) is 28.7. The van der Waals surface area contributed by atoms with Crippen molar-refractivity contribution >= 4 is 56.0 Å². The van der Waals surface area contributed by atoms with E-state index < -0.39 is 5.41 Å². The molecule has 0 saturated heterocycles. The van der Waals surface area contributed by atoms with E-state index in [0.29, 0.717) is 0 Å². The lowest BCUT2D eigenvalue weighted by atomic mass is 9.65. The minimum absolute atomic E-state index is 0.568. The van der Waals surface area contributed by atoms with E-state index in [2.05, 4.69) is 168 Å². The van der Waals surface area contributed by atoms with Crippen LogP contribution < -0.4 is 0 Å². The second-order valence-corrected chi connectivity index (χ2v) is 14.3. The maximum atomic E-state index is 6.60. The summed E-state index contributed by atoms with van der Waals surface area (Å²) in [7, 11) is 0. The summed E-state index contributed by atoms with van der Waals surface area (Å²) >= 11 is 0. The van der Waals surface area contributed by atoms with Crippen LogP contribution in [0.3, 0.4) is 0 Å². The Balaban J connectivity index is 1.15. The molecule has 3 heterocycles. The molecule has 3 nitrogen and oxygen atoms in total. The fourth-order valence-electron chi connectivity index (χ4n) is 9.45. The molecule has 3 aromatic heterocycles. The van der Waals surface area contributed by atoms with Crippen molar-refractivity contribution in [2.75, 3.05) is 0 Å². The zero-order valence-corrected chi connectivity index (χ0v) is 28.6. The largest absolute Gasteiger partial charge is 0.456 e. The minimum atomic E-state index is -0.568. The Morgan fingerprint density at radius 2 is 1.19 bits per heavy atom. The van der Waals surface area contributed by atoms with Crippen molar-refractivity contribution in [1.82, 2.24) is 9.55 Å². The van der Waals surface area contributed by atoms with Gasteiger partial charge < -0.3 is 4.42 Å². The van der Waals surface area contributed by atoms with Crippen LogP contribution >= 0.6 is 0 Å². The van der Waals surface area contributed by atoms with Gasteiger partial charge in [-0.2, -0.15) is 0 Å². The van der Waals surface area contributed by atoms with E-state index in [1.807, 2.05) is 18.3 Å². The van der Waals surface area contributed by atoms with Crippen molar-refractivity contribution in [3.8, 4) is 27.9 Å². The first-order valence-corrected chi connectivity index (χ1v) is 18.2. The van der Waals surface area contributed by atoms with Crippen LogP contribution in [0.4, 0.5) is 0 Å².